The van der Waals surface area contributed by atoms with Gasteiger partial charge in [-0.15, -0.1) is 0 Å². The molecule has 0 fully saturated rings. The first-order chi connectivity index (χ1) is 10.5. The van der Waals surface area contributed by atoms with Gasteiger partial charge in [-0.1, -0.05) is 13.8 Å². The van der Waals surface area contributed by atoms with Crippen LogP contribution >= 0.6 is 0 Å². The van der Waals surface area contributed by atoms with Crippen LogP contribution in [0.25, 0.3) is 11.4 Å². The van der Waals surface area contributed by atoms with E-state index in [4.69, 9.17) is 0 Å². The maximum atomic E-state index is 13.1. The van der Waals surface area contributed by atoms with Crippen molar-refractivity contribution in [2.24, 2.45) is 0 Å². The van der Waals surface area contributed by atoms with E-state index in [9.17, 15) is 26.3 Å². The minimum Gasteiger partial charge on any atom is -0.236 e. The fourth-order valence-electron chi connectivity index (χ4n) is 1.93. The monoisotopic (exact) mass is 334 g/mol. The molecule has 0 saturated carbocycles. The highest BCUT2D eigenvalue weighted by Crippen LogP contribution is 2.40. The summed E-state index contributed by atoms with van der Waals surface area (Å²) in [5.74, 6) is -0.186. The second-order valence-corrected chi connectivity index (χ2v) is 5.25. The molecular formula is C15H12F6N2. The van der Waals surface area contributed by atoms with Crippen LogP contribution in [0.3, 0.4) is 0 Å². The summed E-state index contributed by atoms with van der Waals surface area (Å²) in [5, 5.41) is 0. The van der Waals surface area contributed by atoms with Gasteiger partial charge in [0.05, 0.1) is 11.1 Å². The summed E-state index contributed by atoms with van der Waals surface area (Å²) in [6.45, 7) is 3.72. The highest BCUT2D eigenvalue weighted by Gasteiger charge is 2.38. The lowest BCUT2D eigenvalue weighted by Gasteiger charge is -2.15. The summed E-state index contributed by atoms with van der Waals surface area (Å²) in [5.41, 5.74) is -2.55. The largest absolute Gasteiger partial charge is 0.417 e. The molecule has 0 radical (unpaired) electrons. The van der Waals surface area contributed by atoms with E-state index in [-0.39, 0.29) is 17.8 Å². The molecule has 2 nitrogen and oxygen atoms in total. The van der Waals surface area contributed by atoms with Gasteiger partial charge in [0.2, 0.25) is 0 Å². The Morgan fingerprint density at radius 2 is 1.43 bits per heavy atom. The highest BCUT2D eigenvalue weighted by atomic mass is 19.4. The van der Waals surface area contributed by atoms with Gasteiger partial charge in [0, 0.05) is 18.0 Å². The predicted molar refractivity (Wildman–Crippen MR) is 71.6 cm³/mol. The van der Waals surface area contributed by atoms with Crippen molar-refractivity contribution in [2.45, 2.75) is 32.1 Å². The van der Waals surface area contributed by atoms with Crippen LogP contribution in [0.15, 0.2) is 30.6 Å². The van der Waals surface area contributed by atoms with Crippen molar-refractivity contribution < 1.29 is 26.3 Å². The lowest BCUT2D eigenvalue weighted by Crippen LogP contribution is -2.12. The Labute approximate surface area is 128 Å². The molecule has 1 aromatic heterocycles. The molecule has 0 unspecified atom stereocenters. The second kappa shape index (κ2) is 5.82. The van der Waals surface area contributed by atoms with Gasteiger partial charge in [0.15, 0.2) is 5.82 Å². The van der Waals surface area contributed by atoms with E-state index in [0.29, 0.717) is 11.6 Å². The number of nitrogens with zero attached hydrogens (tertiary/aromatic N) is 2. The first-order valence-electron chi connectivity index (χ1n) is 6.61. The van der Waals surface area contributed by atoms with Gasteiger partial charge in [0.25, 0.3) is 0 Å². The Kier molecular flexibility index (Phi) is 4.37. The number of hydrogen-bond acceptors (Lipinski definition) is 2. The zero-order valence-electron chi connectivity index (χ0n) is 12.1. The van der Waals surface area contributed by atoms with Gasteiger partial charge in [-0.05, 0) is 29.7 Å². The Morgan fingerprint density at radius 1 is 0.870 bits per heavy atom. The van der Waals surface area contributed by atoms with Gasteiger partial charge in [-0.3, -0.25) is 0 Å². The maximum absolute atomic E-state index is 13.1. The predicted octanol–water partition coefficient (Wildman–Crippen LogP) is 5.30. The summed E-state index contributed by atoms with van der Waals surface area (Å²) in [6, 6.07) is 1.41. The standard InChI is InChI=1S/C15H12F6N2/c1-8(2)9-6-22-13(23-7-9)11-4-3-10(14(16,17)18)5-12(11)15(19,20)21/h3-8H,1-2H3. The number of rotatable bonds is 2. The molecule has 0 bridgehead atoms. The van der Waals surface area contributed by atoms with Crippen molar-refractivity contribution in [3.8, 4) is 11.4 Å². The van der Waals surface area contributed by atoms with Crippen LogP contribution in [0.1, 0.15) is 36.5 Å². The molecule has 124 valence electrons. The molecule has 0 spiro atoms. The number of halogens is 6. The van der Waals surface area contributed by atoms with Gasteiger partial charge in [0.1, 0.15) is 0 Å². The van der Waals surface area contributed by atoms with Gasteiger partial charge in [-0.25, -0.2) is 9.97 Å². The number of alkyl halides is 6. The van der Waals surface area contributed by atoms with E-state index >= 15 is 0 Å². The van der Waals surface area contributed by atoms with Crippen molar-refractivity contribution in [1.82, 2.24) is 9.97 Å². The Hall–Kier alpha value is -2.12. The van der Waals surface area contributed by atoms with Crippen LogP contribution in [0.5, 0.6) is 0 Å². The average Bonchev–Trinajstić information content (AvgIpc) is 2.45. The summed E-state index contributed by atoms with van der Waals surface area (Å²) in [4.78, 5) is 7.69. The minimum atomic E-state index is -4.95. The van der Waals surface area contributed by atoms with Crippen LogP contribution in [0, 0.1) is 0 Å². The van der Waals surface area contributed by atoms with E-state index in [2.05, 4.69) is 9.97 Å². The molecule has 0 atom stereocenters. The summed E-state index contributed by atoms with van der Waals surface area (Å²) in [6.07, 6.45) is -7.08. The lowest BCUT2D eigenvalue weighted by molar-refractivity contribution is -0.142. The van der Waals surface area contributed by atoms with Crippen molar-refractivity contribution in [1.29, 1.82) is 0 Å². The minimum absolute atomic E-state index is 0.0784. The third kappa shape index (κ3) is 3.80. The Bertz CT molecular complexity index is 687. The molecule has 23 heavy (non-hydrogen) atoms. The molecule has 0 saturated heterocycles. The van der Waals surface area contributed by atoms with Crippen LogP contribution in [-0.2, 0) is 12.4 Å². The second-order valence-electron chi connectivity index (χ2n) is 5.25. The SMILES string of the molecule is CC(C)c1cnc(-c2ccc(C(F)(F)F)cc2C(F)(F)F)nc1. The maximum Gasteiger partial charge on any atom is 0.417 e. The van der Waals surface area contributed by atoms with Crippen LogP contribution < -0.4 is 0 Å². The zero-order valence-corrected chi connectivity index (χ0v) is 12.1. The summed E-state index contributed by atoms with van der Waals surface area (Å²) >= 11 is 0. The van der Waals surface area contributed by atoms with E-state index in [1.54, 1.807) is 0 Å². The normalized spacial score (nSPS) is 12.7. The van der Waals surface area contributed by atoms with Gasteiger partial charge in [-0.2, -0.15) is 26.3 Å². The Morgan fingerprint density at radius 3 is 1.87 bits per heavy atom. The smallest absolute Gasteiger partial charge is 0.236 e. The molecule has 2 aromatic rings. The zero-order chi connectivity index (χ0) is 17.4. The molecule has 0 aliphatic heterocycles. The van der Waals surface area contributed by atoms with Crippen LogP contribution in [0.2, 0.25) is 0 Å². The molecular weight excluding hydrogens is 322 g/mol. The number of benzene rings is 1. The van der Waals surface area contributed by atoms with Gasteiger partial charge < -0.3 is 0 Å². The average molecular weight is 334 g/mol. The van der Waals surface area contributed by atoms with Crippen LogP contribution in [-0.4, -0.2) is 9.97 Å². The molecule has 0 aliphatic rings. The molecule has 2 rings (SSSR count). The molecule has 8 heteroatoms. The number of hydrogen-bond donors (Lipinski definition) is 0. The topological polar surface area (TPSA) is 25.8 Å². The highest BCUT2D eigenvalue weighted by molar-refractivity contribution is 5.62. The van der Waals surface area contributed by atoms with Crippen molar-refractivity contribution >= 4 is 0 Å². The quantitative estimate of drug-likeness (QED) is 0.696. The third-order valence-corrected chi connectivity index (χ3v) is 3.23. The molecule has 0 N–H and O–H groups in total. The molecule has 0 amide bonds. The molecule has 1 aromatic carbocycles. The fourth-order valence-corrected chi connectivity index (χ4v) is 1.93. The van der Waals surface area contributed by atoms with E-state index < -0.39 is 29.0 Å². The summed E-state index contributed by atoms with van der Waals surface area (Å²) in [7, 11) is 0. The van der Waals surface area contributed by atoms with E-state index in [1.165, 1.54) is 12.4 Å². The number of aromatic nitrogens is 2. The molecule has 1 heterocycles. The first kappa shape index (κ1) is 17.2. The molecule has 0 aliphatic carbocycles. The van der Waals surface area contributed by atoms with E-state index in [1.807, 2.05) is 13.8 Å². The Balaban J connectivity index is 2.57. The fraction of sp³-hybridized carbons (Fsp3) is 0.333. The lowest BCUT2D eigenvalue weighted by atomic mass is 10.0. The van der Waals surface area contributed by atoms with E-state index in [0.717, 1.165) is 6.07 Å². The first-order valence-corrected chi connectivity index (χ1v) is 6.61. The van der Waals surface area contributed by atoms with Crippen LogP contribution in [0.4, 0.5) is 26.3 Å². The van der Waals surface area contributed by atoms with Crippen molar-refractivity contribution in [3.63, 3.8) is 0 Å². The van der Waals surface area contributed by atoms with Crippen molar-refractivity contribution in [2.75, 3.05) is 0 Å². The van der Waals surface area contributed by atoms with Crippen molar-refractivity contribution in [3.05, 3.63) is 47.3 Å². The third-order valence-electron chi connectivity index (χ3n) is 3.23. The van der Waals surface area contributed by atoms with Gasteiger partial charge >= 0.3 is 12.4 Å². The summed E-state index contributed by atoms with van der Waals surface area (Å²) < 4.78 is 77.2.